The quantitative estimate of drug-likeness (QED) is 0.177. The molecule has 2 aliphatic heterocycles. The van der Waals surface area contributed by atoms with Crippen molar-refractivity contribution in [3.05, 3.63) is 139 Å². The van der Waals surface area contributed by atoms with Crippen LogP contribution in [-0.2, 0) is 32.3 Å². The first-order chi connectivity index (χ1) is 30.7. The highest BCUT2D eigenvalue weighted by Crippen LogP contribution is 2.59. The third kappa shape index (κ3) is 6.23. The standard InChI is InChI=1S/C46H46FN9O7S/c1-26-21-34(22-27(2)39(26)47)56-40(53-18-17-52(44(53)59)33-8-6-32(7-9-33)51-64(4,60)61)38-35(49-56)11-16-54(45(38)14-15-45)41(57)37-24-31-23-30(29-12-19-62-20-13-29)5-10-36(31)55(37)46(25-28(46)3)42-48-43(58)63-50-42/h5-10,17-18,21-24,28-29,51H,11-16,19-20,25H2,1-4H3,(H,48,50,58)/t28-,46-/m0/s1. The van der Waals surface area contributed by atoms with Crippen molar-refractivity contribution < 1.29 is 26.9 Å². The van der Waals surface area contributed by atoms with Crippen LogP contribution in [0, 0.1) is 25.6 Å². The van der Waals surface area contributed by atoms with Crippen molar-refractivity contribution in [2.24, 2.45) is 5.92 Å². The van der Waals surface area contributed by atoms with Crippen molar-refractivity contribution in [1.82, 2.24) is 38.5 Å². The third-order valence-electron chi connectivity index (χ3n) is 13.8. The molecule has 330 valence electrons. The summed E-state index contributed by atoms with van der Waals surface area (Å²) in [6.45, 7) is 7.20. The lowest BCUT2D eigenvalue weighted by molar-refractivity contribution is 0.0612. The number of nitrogens with one attached hydrogen (secondary N) is 2. The number of halogens is 1. The monoisotopic (exact) mass is 887 g/mol. The zero-order chi connectivity index (χ0) is 44.4. The summed E-state index contributed by atoms with van der Waals surface area (Å²) in [4.78, 5) is 47.5. The van der Waals surface area contributed by atoms with E-state index in [0.29, 0.717) is 96.9 Å². The number of hydrogen-bond acceptors (Lipinski definition) is 9. The molecule has 6 heterocycles. The molecule has 16 nitrogen and oxygen atoms in total. The number of carbonyl (C=O) groups is 1. The van der Waals surface area contributed by atoms with Gasteiger partial charge in [0.1, 0.15) is 17.1 Å². The summed E-state index contributed by atoms with van der Waals surface area (Å²) in [5, 5.41) is 10.2. The van der Waals surface area contributed by atoms with E-state index in [-0.39, 0.29) is 17.6 Å². The Bertz CT molecular complexity index is 3270. The molecule has 0 unspecified atom stereocenters. The van der Waals surface area contributed by atoms with E-state index in [1.165, 1.54) is 14.7 Å². The first kappa shape index (κ1) is 40.3. The summed E-state index contributed by atoms with van der Waals surface area (Å²) in [5.41, 5.74) is 4.14. The molecule has 2 N–H and O–H groups in total. The number of aryl methyl sites for hydroxylation is 2. The van der Waals surface area contributed by atoms with Crippen LogP contribution in [0.3, 0.4) is 0 Å². The van der Waals surface area contributed by atoms with Gasteiger partial charge in [-0.1, -0.05) is 18.1 Å². The van der Waals surface area contributed by atoms with E-state index in [1.54, 1.807) is 67.3 Å². The normalized spacial score (nSPS) is 20.5. The van der Waals surface area contributed by atoms with Crippen molar-refractivity contribution in [3.63, 3.8) is 0 Å². The van der Waals surface area contributed by atoms with Gasteiger partial charge in [-0.3, -0.25) is 28.2 Å². The number of nitrogens with zero attached hydrogens (tertiary/aromatic N) is 7. The number of anilines is 1. The smallest absolute Gasteiger partial charge is 0.381 e. The summed E-state index contributed by atoms with van der Waals surface area (Å²) in [6, 6.07) is 18.2. The molecule has 18 heteroatoms. The average molecular weight is 888 g/mol. The van der Waals surface area contributed by atoms with Crippen LogP contribution < -0.4 is 16.2 Å². The fourth-order valence-electron chi connectivity index (χ4n) is 10.5. The van der Waals surface area contributed by atoms with Gasteiger partial charge in [0, 0.05) is 60.7 Å². The Balaban J connectivity index is 1.06. The number of ether oxygens (including phenoxy) is 1. The molecule has 0 bridgehead atoms. The second-order valence-electron chi connectivity index (χ2n) is 18.0. The molecule has 64 heavy (non-hydrogen) atoms. The van der Waals surface area contributed by atoms with Crippen LogP contribution in [0.4, 0.5) is 10.1 Å². The number of fused-ring (bicyclic) bond motifs is 3. The molecule has 7 aromatic rings. The zero-order valence-corrected chi connectivity index (χ0v) is 36.5. The van der Waals surface area contributed by atoms with Crippen molar-refractivity contribution in [3.8, 4) is 17.2 Å². The van der Waals surface area contributed by atoms with Crippen molar-refractivity contribution in [2.75, 3.05) is 30.7 Å². The molecule has 2 saturated carbocycles. The van der Waals surface area contributed by atoms with Crippen molar-refractivity contribution in [1.29, 1.82) is 0 Å². The van der Waals surface area contributed by atoms with E-state index in [9.17, 15) is 18.0 Å². The molecule has 3 aromatic carbocycles. The molecular weight excluding hydrogens is 842 g/mol. The molecule has 1 saturated heterocycles. The zero-order valence-electron chi connectivity index (χ0n) is 35.7. The number of aromatic nitrogens is 7. The molecule has 2 aliphatic carbocycles. The number of aromatic amines is 1. The number of sulfonamides is 1. The summed E-state index contributed by atoms with van der Waals surface area (Å²) >= 11 is 0. The second kappa shape index (κ2) is 14.2. The molecule has 11 rings (SSSR count). The molecule has 4 aromatic heterocycles. The summed E-state index contributed by atoms with van der Waals surface area (Å²) in [7, 11) is -3.51. The Labute approximate surface area is 366 Å². The van der Waals surface area contributed by atoms with Gasteiger partial charge in [-0.05, 0) is 129 Å². The summed E-state index contributed by atoms with van der Waals surface area (Å²) < 4.78 is 58.8. The maximum Gasteiger partial charge on any atom is 0.438 e. The number of amides is 1. The predicted molar refractivity (Wildman–Crippen MR) is 235 cm³/mol. The molecule has 1 amide bonds. The lowest BCUT2D eigenvalue weighted by Gasteiger charge is -2.37. The van der Waals surface area contributed by atoms with Crippen LogP contribution in [0.1, 0.15) is 89.2 Å². The number of rotatable bonds is 9. The van der Waals surface area contributed by atoms with E-state index in [0.717, 1.165) is 41.3 Å². The van der Waals surface area contributed by atoms with E-state index < -0.39 is 32.5 Å². The fourth-order valence-corrected chi connectivity index (χ4v) is 11.1. The first-order valence-electron chi connectivity index (χ1n) is 21.6. The third-order valence-corrected chi connectivity index (χ3v) is 14.4. The van der Waals surface area contributed by atoms with E-state index in [2.05, 4.69) is 44.6 Å². The largest absolute Gasteiger partial charge is 0.438 e. The Morgan fingerprint density at radius 2 is 1.66 bits per heavy atom. The van der Waals surface area contributed by atoms with E-state index in [4.69, 9.17) is 14.4 Å². The first-order valence-corrected chi connectivity index (χ1v) is 23.5. The van der Waals surface area contributed by atoms with Crippen LogP contribution in [0.15, 0.2) is 87.2 Å². The Morgan fingerprint density at radius 1 is 0.953 bits per heavy atom. The highest BCUT2D eigenvalue weighted by molar-refractivity contribution is 7.92. The summed E-state index contributed by atoms with van der Waals surface area (Å²) in [6.07, 6.45) is 8.41. The van der Waals surface area contributed by atoms with E-state index >= 15 is 9.18 Å². The number of imidazole rings is 1. The van der Waals surface area contributed by atoms with Gasteiger partial charge in [0.2, 0.25) is 10.0 Å². The molecule has 2 atom stereocenters. The van der Waals surface area contributed by atoms with Crippen LogP contribution in [0.5, 0.6) is 0 Å². The van der Waals surface area contributed by atoms with Gasteiger partial charge in [0.05, 0.1) is 28.9 Å². The molecule has 3 fully saturated rings. The minimum Gasteiger partial charge on any atom is -0.381 e. The summed E-state index contributed by atoms with van der Waals surface area (Å²) in [5.74, 6) is -0.0343. The van der Waals surface area contributed by atoms with Crippen LogP contribution in [-0.4, -0.2) is 78.9 Å². The number of hydrogen-bond donors (Lipinski definition) is 2. The minimum absolute atomic E-state index is 0.0175. The Morgan fingerprint density at radius 3 is 2.30 bits per heavy atom. The number of H-pyrrole nitrogens is 1. The lowest BCUT2D eigenvalue weighted by atomic mass is 9.91. The maximum absolute atomic E-state index is 15.7. The van der Waals surface area contributed by atoms with Gasteiger partial charge < -0.3 is 14.2 Å². The highest BCUT2D eigenvalue weighted by atomic mass is 32.2. The van der Waals surface area contributed by atoms with Gasteiger partial charge in [-0.2, -0.15) is 5.10 Å². The average Bonchev–Trinajstić information content (AvgIpc) is 3.84. The van der Waals surface area contributed by atoms with Gasteiger partial charge in [-0.25, -0.2) is 27.1 Å². The van der Waals surface area contributed by atoms with Crippen LogP contribution in [0.25, 0.3) is 28.1 Å². The van der Waals surface area contributed by atoms with Crippen molar-refractivity contribution >= 4 is 32.5 Å². The minimum atomic E-state index is -3.51. The van der Waals surface area contributed by atoms with Crippen molar-refractivity contribution in [2.45, 2.75) is 76.3 Å². The highest BCUT2D eigenvalue weighted by Gasteiger charge is 2.61. The van der Waals surface area contributed by atoms with Crippen LogP contribution >= 0.6 is 0 Å². The van der Waals surface area contributed by atoms with Gasteiger partial charge >= 0.3 is 11.4 Å². The molecule has 0 radical (unpaired) electrons. The SMILES string of the molecule is Cc1cc(-n2nc3c(c2-n2ccn(-c4ccc(NS(C)(=O)=O)cc4)c2=O)C2(CC2)N(C(=O)c2cc4cc(C5CCOCC5)ccc4n2[C@@]2(c4noc(=O)[nH]4)C[C@@H]2C)CC3)cc(C)c1F. The topological polar surface area (TPSA) is 184 Å². The number of carbonyl (C=O) groups excluding carboxylic acids is 1. The molecule has 1 spiro atoms. The van der Waals surface area contributed by atoms with Gasteiger partial charge in [0.15, 0.2) is 11.6 Å². The van der Waals surface area contributed by atoms with Gasteiger partial charge in [-0.15, -0.1) is 0 Å². The Hall–Kier alpha value is -6.53. The Kier molecular flexibility index (Phi) is 8.96. The lowest BCUT2D eigenvalue weighted by Crippen LogP contribution is -2.47. The molecule has 4 aliphatic rings. The number of benzene rings is 3. The second-order valence-corrected chi connectivity index (χ2v) is 19.7. The van der Waals surface area contributed by atoms with Gasteiger partial charge in [0.25, 0.3) is 5.91 Å². The molecular formula is C46H46FN9O7S. The maximum atomic E-state index is 15.7. The van der Waals surface area contributed by atoms with Crippen LogP contribution in [0.2, 0.25) is 0 Å². The fraction of sp³-hybridized carbons (Fsp3) is 0.370. The van der Waals surface area contributed by atoms with E-state index in [1.807, 2.05) is 11.0 Å². The predicted octanol–water partition coefficient (Wildman–Crippen LogP) is 5.94.